The smallest absolute Gasteiger partial charge is 0.0314 e. The van der Waals surface area contributed by atoms with Crippen LogP contribution >= 0.6 is 0 Å². The molecule has 88 valence electrons. The molecule has 1 aliphatic rings. The van der Waals surface area contributed by atoms with Crippen LogP contribution in [0.25, 0.3) is 0 Å². The molecular formula is C14H22N2. The average Bonchev–Trinajstić information content (AvgIpc) is 2.30. The van der Waals surface area contributed by atoms with Gasteiger partial charge in [0.2, 0.25) is 0 Å². The molecular weight excluding hydrogens is 196 g/mol. The van der Waals surface area contributed by atoms with E-state index in [1.165, 1.54) is 38.0 Å². The topological polar surface area (TPSA) is 29.3 Å². The lowest BCUT2D eigenvalue weighted by atomic mass is 9.99. The summed E-state index contributed by atoms with van der Waals surface area (Å²) in [4.78, 5) is 2.58. The maximum Gasteiger partial charge on any atom is 0.0314 e. The predicted octanol–water partition coefficient (Wildman–Crippen LogP) is 2.54. The molecule has 1 aliphatic heterocycles. The Labute approximate surface area is 98.4 Å². The van der Waals surface area contributed by atoms with E-state index < -0.39 is 0 Å². The van der Waals surface area contributed by atoms with Gasteiger partial charge in [0.25, 0.3) is 0 Å². The number of rotatable bonds is 3. The average molecular weight is 218 g/mol. The first-order valence-electron chi connectivity index (χ1n) is 6.31. The molecule has 0 spiro atoms. The van der Waals surface area contributed by atoms with E-state index in [-0.39, 0.29) is 0 Å². The van der Waals surface area contributed by atoms with Crippen molar-refractivity contribution in [3.63, 3.8) is 0 Å². The van der Waals surface area contributed by atoms with Crippen molar-refractivity contribution in [3.05, 3.63) is 29.8 Å². The summed E-state index contributed by atoms with van der Waals surface area (Å²) in [6, 6.07) is 8.27. The number of hydrogen-bond donors (Lipinski definition) is 1. The summed E-state index contributed by atoms with van der Waals surface area (Å²) in [6.07, 6.45) is 3.87. The number of likely N-dealkylation sites (tertiary alicyclic amines) is 1. The number of nitrogen functional groups attached to an aromatic ring is 1. The number of nitrogens with zero attached hydrogens (tertiary/aromatic N) is 1. The molecule has 0 radical (unpaired) electrons. The summed E-state index contributed by atoms with van der Waals surface area (Å²) < 4.78 is 0. The lowest BCUT2D eigenvalue weighted by Gasteiger charge is -2.30. The van der Waals surface area contributed by atoms with Crippen LogP contribution in [0.1, 0.15) is 25.3 Å². The number of benzene rings is 1. The van der Waals surface area contributed by atoms with Gasteiger partial charge in [-0.1, -0.05) is 19.1 Å². The zero-order valence-corrected chi connectivity index (χ0v) is 10.2. The van der Waals surface area contributed by atoms with Gasteiger partial charge in [-0.25, -0.2) is 0 Å². The second-order valence-electron chi connectivity index (χ2n) is 5.02. The first-order valence-corrected chi connectivity index (χ1v) is 6.31. The Morgan fingerprint density at radius 2 is 1.81 bits per heavy atom. The highest BCUT2D eigenvalue weighted by Gasteiger charge is 2.14. The maximum absolute atomic E-state index is 5.67. The summed E-state index contributed by atoms with van der Waals surface area (Å²) in [5.41, 5.74) is 7.92. The molecule has 1 aromatic rings. The molecule has 1 heterocycles. The Bertz CT molecular complexity index is 310. The lowest BCUT2D eigenvalue weighted by Crippen LogP contribution is -2.34. The number of piperidine rings is 1. The molecule has 2 N–H and O–H groups in total. The van der Waals surface area contributed by atoms with Crippen molar-refractivity contribution >= 4 is 5.69 Å². The fourth-order valence-corrected chi connectivity index (χ4v) is 2.26. The van der Waals surface area contributed by atoms with Crippen LogP contribution < -0.4 is 5.73 Å². The van der Waals surface area contributed by atoms with E-state index in [1.807, 2.05) is 12.1 Å². The minimum absolute atomic E-state index is 0.857. The second kappa shape index (κ2) is 5.35. The Morgan fingerprint density at radius 3 is 2.44 bits per heavy atom. The molecule has 0 amide bonds. The van der Waals surface area contributed by atoms with Crippen molar-refractivity contribution in [3.8, 4) is 0 Å². The Hall–Kier alpha value is -1.02. The van der Waals surface area contributed by atoms with E-state index in [4.69, 9.17) is 5.73 Å². The molecule has 0 bridgehead atoms. The van der Waals surface area contributed by atoms with Gasteiger partial charge in [0.1, 0.15) is 0 Å². The largest absolute Gasteiger partial charge is 0.399 e. The molecule has 2 rings (SSSR count). The summed E-state index contributed by atoms with van der Waals surface area (Å²) in [5, 5.41) is 0. The molecule has 2 heteroatoms. The van der Waals surface area contributed by atoms with Gasteiger partial charge in [0, 0.05) is 12.2 Å². The first kappa shape index (κ1) is 11.5. The highest BCUT2D eigenvalue weighted by molar-refractivity contribution is 5.39. The summed E-state index contributed by atoms with van der Waals surface area (Å²) in [6.45, 7) is 6.10. The monoisotopic (exact) mass is 218 g/mol. The van der Waals surface area contributed by atoms with Crippen LogP contribution in [0.3, 0.4) is 0 Å². The summed E-state index contributed by atoms with van der Waals surface area (Å²) >= 11 is 0. The normalized spacial score (nSPS) is 18.8. The minimum atomic E-state index is 0.857. The van der Waals surface area contributed by atoms with Crippen molar-refractivity contribution in [1.82, 2.24) is 4.90 Å². The van der Waals surface area contributed by atoms with Gasteiger partial charge in [-0.05, 0) is 56.0 Å². The second-order valence-corrected chi connectivity index (χ2v) is 5.02. The molecule has 1 fully saturated rings. The third-order valence-electron chi connectivity index (χ3n) is 3.57. The third-order valence-corrected chi connectivity index (χ3v) is 3.57. The standard InChI is InChI=1S/C14H22N2/c1-12-6-9-16(10-7-12)11-8-13-2-4-14(15)5-3-13/h2-5,12H,6-11,15H2,1H3. The predicted molar refractivity (Wildman–Crippen MR) is 69.4 cm³/mol. The molecule has 0 aliphatic carbocycles. The van der Waals surface area contributed by atoms with Gasteiger partial charge >= 0.3 is 0 Å². The molecule has 2 nitrogen and oxygen atoms in total. The highest BCUT2D eigenvalue weighted by atomic mass is 15.1. The van der Waals surface area contributed by atoms with Crippen LogP contribution in [0, 0.1) is 5.92 Å². The zero-order chi connectivity index (χ0) is 11.4. The number of nitrogens with two attached hydrogens (primary N) is 1. The van der Waals surface area contributed by atoms with Crippen molar-refractivity contribution in [2.24, 2.45) is 5.92 Å². The summed E-state index contributed by atoms with van der Waals surface area (Å²) in [5.74, 6) is 0.924. The van der Waals surface area contributed by atoms with E-state index in [0.717, 1.165) is 18.0 Å². The van der Waals surface area contributed by atoms with Crippen LogP contribution in [0.2, 0.25) is 0 Å². The zero-order valence-electron chi connectivity index (χ0n) is 10.2. The molecule has 0 aromatic heterocycles. The molecule has 0 unspecified atom stereocenters. The molecule has 1 saturated heterocycles. The van der Waals surface area contributed by atoms with E-state index in [9.17, 15) is 0 Å². The van der Waals surface area contributed by atoms with Gasteiger partial charge in [0.05, 0.1) is 0 Å². The fraction of sp³-hybridized carbons (Fsp3) is 0.571. The Kier molecular flexibility index (Phi) is 3.83. The van der Waals surface area contributed by atoms with Gasteiger partial charge in [-0.2, -0.15) is 0 Å². The van der Waals surface area contributed by atoms with Gasteiger partial charge in [-0.3, -0.25) is 0 Å². The molecule has 1 aromatic carbocycles. The summed E-state index contributed by atoms with van der Waals surface area (Å²) in [7, 11) is 0. The Balaban J connectivity index is 1.77. The number of hydrogen-bond acceptors (Lipinski definition) is 2. The van der Waals surface area contributed by atoms with Crippen molar-refractivity contribution in [2.75, 3.05) is 25.4 Å². The molecule has 0 atom stereocenters. The third kappa shape index (κ3) is 3.24. The number of anilines is 1. The lowest BCUT2D eigenvalue weighted by molar-refractivity contribution is 0.194. The molecule has 16 heavy (non-hydrogen) atoms. The van der Waals surface area contributed by atoms with Crippen molar-refractivity contribution < 1.29 is 0 Å². The SMILES string of the molecule is CC1CCN(CCc2ccc(N)cc2)CC1. The fourth-order valence-electron chi connectivity index (χ4n) is 2.26. The van der Waals surface area contributed by atoms with Gasteiger partial charge in [0.15, 0.2) is 0 Å². The van der Waals surface area contributed by atoms with Gasteiger partial charge < -0.3 is 10.6 Å². The minimum Gasteiger partial charge on any atom is -0.399 e. The van der Waals surface area contributed by atoms with E-state index in [2.05, 4.69) is 24.0 Å². The first-order chi connectivity index (χ1) is 7.74. The van der Waals surface area contributed by atoms with Crippen LogP contribution in [-0.2, 0) is 6.42 Å². The quantitative estimate of drug-likeness (QED) is 0.790. The van der Waals surface area contributed by atoms with E-state index >= 15 is 0 Å². The van der Waals surface area contributed by atoms with Crippen LogP contribution in [-0.4, -0.2) is 24.5 Å². The van der Waals surface area contributed by atoms with E-state index in [0.29, 0.717) is 0 Å². The van der Waals surface area contributed by atoms with Crippen LogP contribution in [0.4, 0.5) is 5.69 Å². The van der Waals surface area contributed by atoms with Crippen LogP contribution in [0.15, 0.2) is 24.3 Å². The van der Waals surface area contributed by atoms with E-state index in [1.54, 1.807) is 0 Å². The van der Waals surface area contributed by atoms with Crippen molar-refractivity contribution in [1.29, 1.82) is 0 Å². The molecule has 0 saturated carbocycles. The van der Waals surface area contributed by atoms with Crippen LogP contribution in [0.5, 0.6) is 0 Å². The van der Waals surface area contributed by atoms with Gasteiger partial charge in [-0.15, -0.1) is 0 Å². The highest BCUT2D eigenvalue weighted by Crippen LogP contribution is 2.16. The Morgan fingerprint density at radius 1 is 1.19 bits per heavy atom. The van der Waals surface area contributed by atoms with Crippen molar-refractivity contribution in [2.45, 2.75) is 26.2 Å². The maximum atomic E-state index is 5.67.